The van der Waals surface area contributed by atoms with Crippen LogP contribution in [0.15, 0.2) is 0 Å². The van der Waals surface area contributed by atoms with Crippen molar-refractivity contribution in [2.75, 3.05) is 26.3 Å². The predicted octanol–water partition coefficient (Wildman–Crippen LogP) is 1.70. The van der Waals surface area contributed by atoms with E-state index in [0.29, 0.717) is 39.1 Å². The molecule has 116 valence electrons. The third-order valence-electron chi connectivity index (χ3n) is 3.77. The molecule has 1 rings (SSSR count). The number of carboxylic acid groups (broad SMARTS) is 1. The number of carbonyl (C=O) groups is 2. The summed E-state index contributed by atoms with van der Waals surface area (Å²) in [6.45, 7) is 7.62. The van der Waals surface area contributed by atoms with Crippen LogP contribution in [0.25, 0.3) is 0 Å². The van der Waals surface area contributed by atoms with Gasteiger partial charge in [-0.2, -0.15) is 0 Å². The number of likely N-dealkylation sites (tertiary alicyclic amines) is 1. The molecule has 2 unspecified atom stereocenters. The van der Waals surface area contributed by atoms with Crippen LogP contribution in [0.5, 0.6) is 0 Å². The van der Waals surface area contributed by atoms with Crippen molar-refractivity contribution < 1.29 is 19.4 Å². The first-order valence-corrected chi connectivity index (χ1v) is 7.31. The Kier molecular flexibility index (Phi) is 6.26. The molecule has 0 bridgehead atoms. The van der Waals surface area contributed by atoms with E-state index in [2.05, 4.69) is 5.32 Å². The van der Waals surface area contributed by atoms with Crippen LogP contribution in [0.1, 0.15) is 40.0 Å². The number of nitrogens with one attached hydrogen (secondary N) is 1. The number of carbonyl (C=O) groups excluding carboxylic acids is 1. The van der Waals surface area contributed by atoms with Gasteiger partial charge in [0, 0.05) is 19.7 Å². The molecule has 1 fully saturated rings. The molecule has 1 aliphatic rings. The first-order chi connectivity index (χ1) is 9.45. The van der Waals surface area contributed by atoms with Crippen molar-refractivity contribution in [3.05, 3.63) is 0 Å². The maximum Gasteiger partial charge on any atom is 0.317 e. The van der Waals surface area contributed by atoms with E-state index >= 15 is 0 Å². The van der Waals surface area contributed by atoms with Crippen LogP contribution in [0.4, 0.5) is 4.79 Å². The van der Waals surface area contributed by atoms with E-state index < -0.39 is 11.4 Å². The first kappa shape index (κ1) is 16.8. The van der Waals surface area contributed by atoms with Gasteiger partial charge in [0.05, 0.1) is 18.1 Å². The van der Waals surface area contributed by atoms with Gasteiger partial charge in [-0.3, -0.25) is 4.79 Å². The molecule has 1 heterocycles. The summed E-state index contributed by atoms with van der Waals surface area (Å²) in [5, 5.41) is 12.3. The number of amides is 2. The molecule has 0 saturated carbocycles. The Labute approximate surface area is 120 Å². The lowest BCUT2D eigenvalue weighted by Crippen LogP contribution is -2.46. The molecule has 2 amide bonds. The summed E-state index contributed by atoms with van der Waals surface area (Å²) in [6, 6.07) is -0.273. The van der Waals surface area contributed by atoms with Crippen molar-refractivity contribution in [1.29, 1.82) is 0 Å². The topological polar surface area (TPSA) is 78.9 Å². The summed E-state index contributed by atoms with van der Waals surface area (Å²) in [5.74, 6) is -0.794. The molecule has 0 radical (unpaired) electrons. The van der Waals surface area contributed by atoms with Crippen LogP contribution in [0.2, 0.25) is 0 Å². The quantitative estimate of drug-likeness (QED) is 0.746. The van der Waals surface area contributed by atoms with Gasteiger partial charge in [-0.15, -0.1) is 0 Å². The van der Waals surface area contributed by atoms with Crippen LogP contribution in [-0.2, 0) is 9.53 Å². The number of nitrogens with zero attached hydrogens (tertiary/aromatic N) is 1. The Bertz CT molecular complexity index is 348. The summed E-state index contributed by atoms with van der Waals surface area (Å²) in [7, 11) is 0. The van der Waals surface area contributed by atoms with Crippen molar-refractivity contribution in [2.24, 2.45) is 5.41 Å². The lowest BCUT2D eigenvalue weighted by atomic mass is 9.83. The lowest BCUT2D eigenvalue weighted by Gasteiger charge is -2.25. The summed E-state index contributed by atoms with van der Waals surface area (Å²) < 4.78 is 5.25. The zero-order chi connectivity index (χ0) is 15.2. The minimum Gasteiger partial charge on any atom is -0.481 e. The minimum absolute atomic E-state index is 0.0755. The van der Waals surface area contributed by atoms with Crippen LogP contribution >= 0.6 is 0 Å². The van der Waals surface area contributed by atoms with Gasteiger partial charge >= 0.3 is 12.0 Å². The third kappa shape index (κ3) is 4.10. The van der Waals surface area contributed by atoms with Crippen molar-refractivity contribution in [2.45, 2.75) is 46.1 Å². The maximum atomic E-state index is 12.1. The van der Waals surface area contributed by atoms with Gasteiger partial charge in [0.25, 0.3) is 0 Å². The monoisotopic (exact) mass is 286 g/mol. The zero-order valence-electron chi connectivity index (χ0n) is 12.6. The Hall–Kier alpha value is -1.30. The molecular formula is C14H26N2O4. The second-order valence-corrected chi connectivity index (χ2v) is 5.52. The number of urea groups is 1. The fourth-order valence-corrected chi connectivity index (χ4v) is 2.65. The predicted molar refractivity (Wildman–Crippen MR) is 75.7 cm³/mol. The van der Waals surface area contributed by atoms with E-state index in [1.807, 2.05) is 20.8 Å². The molecule has 0 spiro atoms. The SMILES string of the molecule is CCCC1(C(=O)O)CCN(C(=O)NC(C)COCC)C1. The molecule has 20 heavy (non-hydrogen) atoms. The third-order valence-corrected chi connectivity index (χ3v) is 3.77. The number of hydrogen-bond donors (Lipinski definition) is 2. The number of hydrogen-bond acceptors (Lipinski definition) is 3. The molecule has 1 saturated heterocycles. The highest BCUT2D eigenvalue weighted by atomic mass is 16.5. The van der Waals surface area contributed by atoms with Gasteiger partial charge < -0.3 is 20.1 Å². The van der Waals surface area contributed by atoms with Gasteiger partial charge in [0.2, 0.25) is 0 Å². The Morgan fingerprint density at radius 2 is 2.15 bits per heavy atom. The number of rotatable bonds is 7. The molecule has 0 aromatic rings. The van der Waals surface area contributed by atoms with Gasteiger partial charge in [-0.25, -0.2) is 4.79 Å². The highest BCUT2D eigenvalue weighted by Gasteiger charge is 2.45. The van der Waals surface area contributed by atoms with Crippen LogP contribution < -0.4 is 5.32 Å². The normalized spacial score (nSPS) is 23.6. The maximum absolute atomic E-state index is 12.1. The second-order valence-electron chi connectivity index (χ2n) is 5.52. The molecular weight excluding hydrogens is 260 g/mol. The smallest absolute Gasteiger partial charge is 0.317 e. The van der Waals surface area contributed by atoms with Gasteiger partial charge in [-0.1, -0.05) is 13.3 Å². The van der Waals surface area contributed by atoms with Crippen LogP contribution in [-0.4, -0.2) is 54.4 Å². The first-order valence-electron chi connectivity index (χ1n) is 7.31. The number of carboxylic acids is 1. The van der Waals surface area contributed by atoms with Crippen molar-refractivity contribution in [3.8, 4) is 0 Å². The molecule has 1 aliphatic heterocycles. The van der Waals surface area contributed by atoms with E-state index in [-0.39, 0.29) is 12.1 Å². The number of ether oxygens (including phenoxy) is 1. The van der Waals surface area contributed by atoms with Gasteiger partial charge in [0.15, 0.2) is 0 Å². The Morgan fingerprint density at radius 1 is 1.45 bits per heavy atom. The molecule has 0 aliphatic carbocycles. The average Bonchev–Trinajstić information content (AvgIpc) is 2.82. The lowest BCUT2D eigenvalue weighted by molar-refractivity contribution is -0.148. The number of aliphatic carboxylic acids is 1. The fraction of sp³-hybridized carbons (Fsp3) is 0.857. The van der Waals surface area contributed by atoms with E-state index in [1.165, 1.54) is 0 Å². The largest absolute Gasteiger partial charge is 0.481 e. The summed E-state index contributed by atoms with van der Waals surface area (Å²) in [6.07, 6.45) is 1.95. The molecule has 2 atom stereocenters. The molecule has 6 heteroatoms. The Morgan fingerprint density at radius 3 is 2.70 bits per heavy atom. The van der Waals surface area contributed by atoms with Crippen molar-refractivity contribution >= 4 is 12.0 Å². The summed E-state index contributed by atoms with van der Waals surface area (Å²) in [5.41, 5.74) is -0.769. The molecule has 0 aromatic carbocycles. The zero-order valence-corrected chi connectivity index (χ0v) is 12.6. The standard InChI is InChI=1S/C14H26N2O4/c1-4-6-14(12(17)18)7-8-16(10-14)13(19)15-11(3)9-20-5-2/h11H,4-10H2,1-3H3,(H,15,19)(H,17,18). The molecule has 0 aromatic heterocycles. The van der Waals surface area contributed by atoms with E-state index in [1.54, 1.807) is 4.90 Å². The Balaban J connectivity index is 2.53. The molecule has 2 N–H and O–H groups in total. The summed E-state index contributed by atoms with van der Waals surface area (Å²) in [4.78, 5) is 25.2. The van der Waals surface area contributed by atoms with E-state index in [4.69, 9.17) is 4.74 Å². The highest BCUT2D eigenvalue weighted by molar-refractivity contribution is 5.79. The van der Waals surface area contributed by atoms with Gasteiger partial charge in [-0.05, 0) is 26.7 Å². The highest BCUT2D eigenvalue weighted by Crippen LogP contribution is 2.35. The second kappa shape index (κ2) is 7.47. The van der Waals surface area contributed by atoms with Crippen LogP contribution in [0, 0.1) is 5.41 Å². The van der Waals surface area contributed by atoms with E-state index in [0.717, 1.165) is 6.42 Å². The molecule has 6 nitrogen and oxygen atoms in total. The van der Waals surface area contributed by atoms with Gasteiger partial charge in [0.1, 0.15) is 0 Å². The van der Waals surface area contributed by atoms with Crippen LogP contribution in [0.3, 0.4) is 0 Å². The van der Waals surface area contributed by atoms with Crippen molar-refractivity contribution in [1.82, 2.24) is 10.2 Å². The van der Waals surface area contributed by atoms with Crippen molar-refractivity contribution in [3.63, 3.8) is 0 Å². The minimum atomic E-state index is -0.794. The summed E-state index contributed by atoms with van der Waals surface area (Å²) >= 11 is 0. The average molecular weight is 286 g/mol. The fourth-order valence-electron chi connectivity index (χ4n) is 2.65. The van der Waals surface area contributed by atoms with E-state index in [9.17, 15) is 14.7 Å².